The van der Waals surface area contributed by atoms with E-state index >= 15 is 0 Å². The van der Waals surface area contributed by atoms with Crippen molar-refractivity contribution in [3.8, 4) is 0 Å². The monoisotopic (exact) mass is 370 g/mol. The molecule has 5 heteroatoms. The second kappa shape index (κ2) is 7.49. The van der Waals surface area contributed by atoms with Gasteiger partial charge in [-0.3, -0.25) is 0 Å². The maximum atomic E-state index is 13.6. The molecule has 0 aliphatic carbocycles. The van der Waals surface area contributed by atoms with Gasteiger partial charge in [-0.15, -0.1) is 11.3 Å². The molecular weight excluding hydrogens is 351 g/mol. The molecule has 0 fully saturated rings. The van der Waals surface area contributed by atoms with Crippen molar-refractivity contribution in [3.63, 3.8) is 0 Å². The maximum absolute atomic E-state index is 13.6. The molecule has 0 spiro atoms. The van der Waals surface area contributed by atoms with Gasteiger partial charge in [-0.1, -0.05) is 12.1 Å². The van der Waals surface area contributed by atoms with Crippen LogP contribution in [0.1, 0.15) is 28.5 Å². The third kappa shape index (κ3) is 4.88. The molecule has 1 unspecified atom stereocenters. The summed E-state index contributed by atoms with van der Waals surface area (Å²) in [5, 5.41) is 2.09. The van der Waals surface area contributed by atoms with Gasteiger partial charge in [0.15, 0.2) is 0 Å². The van der Waals surface area contributed by atoms with Crippen LogP contribution in [-0.2, 0) is 6.54 Å². The summed E-state index contributed by atoms with van der Waals surface area (Å²) < 4.78 is 14.7. The van der Waals surface area contributed by atoms with Crippen LogP contribution in [0.25, 0.3) is 0 Å². The summed E-state index contributed by atoms with van der Waals surface area (Å²) in [6.45, 7) is 3.55. The number of rotatable bonds is 6. The van der Waals surface area contributed by atoms with E-state index in [0.717, 1.165) is 29.5 Å². The van der Waals surface area contributed by atoms with Gasteiger partial charge < -0.3 is 10.6 Å². The van der Waals surface area contributed by atoms with Crippen molar-refractivity contribution in [1.82, 2.24) is 4.90 Å². The number of halogens is 2. The lowest BCUT2D eigenvalue weighted by molar-refractivity contribution is 0.314. The summed E-state index contributed by atoms with van der Waals surface area (Å²) in [6.07, 6.45) is 0.811. The number of benzene rings is 1. The van der Waals surface area contributed by atoms with Crippen LogP contribution in [0.3, 0.4) is 0 Å². The van der Waals surface area contributed by atoms with Crippen molar-refractivity contribution in [2.45, 2.75) is 25.9 Å². The summed E-state index contributed by atoms with van der Waals surface area (Å²) in [4.78, 5) is 3.56. The van der Waals surface area contributed by atoms with E-state index < -0.39 is 0 Å². The Bertz CT molecular complexity index is 600. The van der Waals surface area contributed by atoms with E-state index in [1.165, 1.54) is 4.88 Å². The Morgan fingerprint density at radius 1 is 1.38 bits per heavy atom. The fraction of sp³-hybridized carbons (Fsp3) is 0.375. The van der Waals surface area contributed by atoms with Gasteiger partial charge in [-0.05, 0) is 59.6 Å². The zero-order valence-corrected chi connectivity index (χ0v) is 14.7. The van der Waals surface area contributed by atoms with Gasteiger partial charge in [0.2, 0.25) is 0 Å². The number of thiophene rings is 1. The van der Waals surface area contributed by atoms with Gasteiger partial charge in [0.25, 0.3) is 0 Å². The molecule has 0 radical (unpaired) electrons. The van der Waals surface area contributed by atoms with Crippen LogP contribution in [0.5, 0.6) is 0 Å². The predicted octanol–water partition coefficient (Wildman–Crippen LogP) is 4.48. The first-order valence-corrected chi connectivity index (χ1v) is 8.56. The van der Waals surface area contributed by atoms with Crippen LogP contribution in [0.4, 0.5) is 4.39 Å². The van der Waals surface area contributed by atoms with Crippen LogP contribution in [0, 0.1) is 12.7 Å². The summed E-state index contributed by atoms with van der Waals surface area (Å²) in [5.41, 5.74) is 7.69. The Kier molecular flexibility index (Phi) is 5.93. The number of hydrogen-bond donors (Lipinski definition) is 1. The second-order valence-corrected chi connectivity index (χ2v) is 7.28. The fourth-order valence-electron chi connectivity index (χ4n) is 2.15. The highest BCUT2D eigenvalue weighted by Crippen LogP contribution is 2.22. The van der Waals surface area contributed by atoms with Crippen molar-refractivity contribution in [2.24, 2.45) is 5.73 Å². The molecule has 2 rings (SSSR count). The molecule has 2 aromatic rings. The molecule has 1 aromatic carbocycles. The number of nitrogens with two attached hydrogens (primary N) is 1. The highest BCUT2D eigenvalue weighted by molar-refractivity contribution is 9.10. The van der Waals surface area contributed by atoms with Gasteiger partial charge in [0.1, 0.15) is 5.82 Å². The van der Waals surface area contributed by atoms with E-state index in [4.69, 9.17) is 5.73 Å². The zero-order valence-electron chi connectivity index (χ0n) is 12.3. The minimum absolute atomic E-state index is 0.127. The predicted molar refractivity (Wildman–Crippen MR) is 91.0 cm³/mol. The van der Waals surface area contributed by atoms with E-state index in [1.807, 2.05) is 6.07 Å². The minimum Gasteiger partial charge on any atom is -0.324 e. The highest BCUT2D eigenvalue weighted by Gasteiger charge is 2.10. The smallest absolute Gasteiger partial charge is 0.126 e. The average Bonchev–Trinajstić information content (AvgIpc) is 2.84. The van der Waals surface area contributed by atoms with Crippen LogP contribution < -0.4 is 5.73 Å². The molecule has 1 aromatic heterocycles. The molecule has 0 aliphatic rings. The quantitative estimate of drug-likeness (QED) is 0.811. The van der Waals surface area contributed by atoms with Crippen LogP contribution in [0.2, 0.25) is 0 Å². The average molecular weight is 371 g/mol. The topological polar surface area (TPSA) is 29.3 Å². The van der Waals surface area contributed by atoms with Crippen molar-refractivity contribution in [2.75, 3.05) is 13.6 Å². The van der Waals surface area contributed by atoms with Crippen LogP contribution >= 0.6 is 27.3 Å². The number of aryl methyl sites for hydroxylation is 1. The Morgan fingerprint density at radius 2 is 2.14 bits per heavy atom. The Morgan fingerprint density at radius 3 is 2.76 bits per heavy atom. The molecule has 1 heterocycles. The van der Waals surface area contributed by atoms with Crippen LogP contribution in [-0.4, -0.2) is 18.5 Å². The highest BCUT2D eigenvalue weighted by atomic mass is 79.9. The molecule has 0 saturated heterocycles. The molecule has 21 heavy (non-hydrogen) atoms. The number of hydrogen-bond acceptors (Lipinski definition) is 3. The van der Waals surface area contributed by atoms with E-state index in [9.17, 15) is 4.39 Å². The first kappa shape index (κ1) is 16.6. The molecule has 0 bridgehead atoms. The fourth-order valence-corrected chi connectivity index (χ4v) is 3.68. The molecule has 114 valence electrons. The van der Waals surface area contributed by atoms with Gasteiger partial charge >= 0.3 is 0 Å². The third-order valence-corrected chi connectivity index (χ3v) is 5.18. The van der Waals surface area contributed by atoms with Crippen molar-refractivity contribution < 1.29 is 4.39 Å². The number of nitrogens with zero attached hydrogens (tertiary/aromatic N) is 1. The van der Waals surface area contributed by atoms with Crippen LogP contribution in [0.15, 0.2) is 34.1 Å². The SMILES string of the molecule is Cc1ccc(C(N)CCN(C)Cc2cc(Br)cs2)cc1F. The van der Waals surface area contributed by atoms with Crippen molar-refractivity contribution in [3.05, 3.63) is 55.9 Å². The molecule has 2 nitrogen and oxygen atoms in total. The zero-order chi connectivity index (χ0) is 15.4. The summed E-state index contributed by atoms with van der Waals surface area (Å²) in [5.74, 6) is -0.181. The van der Waals surface area contributed by atoms with E-state index in [-0.39, 0.29) is 11.9 Å². The van der Waals surface area contributed by atoms with E-state index in [1.54, 1.807) is 30.4 Å². The molecular formula is C16H20BrFN2S. The van der Waals surface area contributed by atoms with Crippen molar-refractivity contribution in [1.29, 1.82) is 0 Å². The van der Waals surface area contributed by atoms with E-state index in [0.29, 0.717) is 5.56 Å². The molecule has 0 aliphatic heterocycles. The van der Waals surface area contributed by atoms with Gasteiger partial charge in [0, 0.05) is 33.9 Å². The lowest BCUT2D eigenvalue weighted by Gasteiger charge is -2.19. The molecule has 2 N–H and O–H groups in total. The largest absolute Gasteiger partial charge is 0.324 e. The lowest BCUT2D eigenvalue weighted by atomic mass is 10.0. The second-order valence-electron chi connectivity index (χ2n) is 5.37. The first-order chi connectivity index (χ1) is 9.95. The lowest BCUT2D eigenvalue weighted by Crippen LogP contribution is -2.23. The Labute approximate surface area is 137 Å². The van der Waals surface area contributed by atoms with Gasteiger partial charge in [0.05, 0.1) is 0 Å². The third-order valence-electron chi connectivity index (χ3n) is 3.49. The Balaban J connectivity index is 1.85. The summed E-state index contributed by atoms with van der Waals surface area (Å²) in [6, 6.07) is 7.27. The normalized spacial score (nSPS) is 12.9. The first-order valence-electron chi connectivity index (χ1n) is 6.89. The Hall–Kier alpha value is -0.750. The molecule has 0 saturated carbocycles. The minimum atomic E-state index is -0.181. The molecule has 0 amide bonds. The van der Waals surface area contributed by atoms with E-state index in [2.05, 4.69) is 39.3 Å². The maximum Gasteiger partial charge on any atom is 0.126 e. The summed E-state index contributed by atoms with van der Waals surface area (Å²) in [7, 11) is 2.08. The van der Waals surface area contributed by atoms with Crippen molar-refractivity contribution >= 4 is 27.3 Å². The summed E-state index contributed by atoms with van der Waals surface area (Å²) >= 11 is 5.21. The standard InChI is InChI=1S/C16H20BrFN2S/c1-11-3-4-12(7-15(11)18)16(19)5-6-20(2)9-14-8-13(17)10-21-14/h3-4,7-8,10,16H,5-6,9,19H2,1-2H3. The van der Waals surface area contributed by atoms with Gasteiger partial charge in [-0.25, -0.2) is 4.39 Å². The molecule has 1 atom stereocenters. The van der Waals surface area contributed by atoms with Gasteiger partial charge in [-0.2, -0.15) is 0 Å².